The second kappa shape index (κ2) is 35.1. The van der Waals surface area contributed by atoms with Gasteiger partial charge in [0, 0.05) is 13.0 Å². The van der Waals surface area contributed by atoms with Crippen LogP contribution in [0.5, 0.6) is 0 Å². The Morgan fingerprint density at radius 1 is 0.696 bits per heavy atom. The zero-order valence-corrected chi connectivity index (χ0v) is 37.2. The molecule has 1 aliphatic rings. The van der Waals surface area contributed by atoms with Crippen molar-refractivity contribution in [2.24, 2.45) is 0 Å². The molecule has 0 aromatic carbocycles. The zero-order valence-electron chi connectivity index (χ0n) is 36.3. The number of ether oxygens (including phenoxy) is 3. The van der Waals surface area contributed by atoms with Crippen molar-refractivity contribution >= 4 is 13.8 Å². The number of phosphoric ester groups is 1. The molecule has 1 heterocycles. The topological polar surface area (TPSA) is 104 Å². The molecule has 10 heteroatoms. The van der Waals surface area contributed by atoms with E-state index in [0.29, 0.717) is 24.1 Å². The van der Waals surface area contributed by atoms with Crippen LogP contribution in [0.3, 0.4) is 0 Å². The molecular weight excluding hydrogens is 725 g/mol. The second-order valence-electron chi connectivity index (χ2n) is 16.2. The standard InChI is InChI=1S/C46H82NO8P/c1-6-8-10-12-14-16-18-20-21-22-23-25-27-29-31-33-39-51-41-43(42-53-56(49,50)52-40-38-47(3,4)5)54-46(48)37-34-36-45-44(55-45)35-32-30-28-26-24-19-17-15-13-11-9-7-2/h15,17,20-21,24,26,28,30,32,35,43-45H,6-14,16,18-19,22-23,25,27,29,31,33-34,36-42H2,1-5H3/p+1/b17-15+,21-20-,26-24+,30-28-,35-32-. The number of esters is 1. The maximum Gasteiger partial charge on any atom is 0.472 e. The number of allylic oxidation sites excluding steroid dienone is 9. The van der Waals surface area contributed by atoms with Gasteiger partial charge in [-0.1, -0.05) is 145 Å². The number of hydrogen-bond donors (Lipinski definition) is 1. The maximum atomic E-state index is 12.8. The van der Waals surface area contributed by atoms with E-state index in [2.05, 4.69) is 50.3 Å². The molecule has 0 bridgehead atoms. The van der Waals surface area contributed by atoms with E-state index in [0.717, 1.165) is 38.5 Å². The minimum atomic E-state index is -4.31. The summed E-state index contributed by atoms with van der Waals surface area (Å²) in [6.07, 6.45) is 45.7. The number of hydrogen-bond acceptors (Lipinski definition) is 7. The highest BCUT2D eigenvalue weighted by atomic mass is 31.2. The number of epoxide rings is 1. The van der Waals surface area contributed by atoms with E-state index in [9.17, 15) is 14.3 Å². The lowest BCUT2D eigenvalue weighted by atomic mass is 10.1. The molecule has 4 unspecified atom stereocenters. The predicted octanol–water partition coefficient (Wildman–Crippen LogP) is 11.9. The Kier molecular flexibility index (Phi) is 32.7. The average molecular weight is 809 g/mol. The van der Waals surface area contributed by atoms with Crippen molar-refractivity contribution in [3.63, 3.8) is 0 Å². The Morgan fingerprint density at radius 3 is 1.96 bits per heavy atom. The van der Waals surface area contributed by atoms with Gasteiger partial charge in [-0.2, -0.15) is 0 Å². The summed E-state index contributed by atoms with van der Waals surface area (Å²) >= 11 is 0. The maximum absolute atomic E-state index is 12.8. The quantitative estimate of drug-likeness (QED) is 0.0125. The van der Waals surface area contributed by atoms with Crippen LogP contribution in [0.4, 0.5) is 0 Å². The van der Waals surface area contributed by atoms with Gasteiger partial charge in [-0.3, -0.25) is 13.8 Å². The summed E-state index contributed by atoms with van der Waals surface area (Å²) in [6, 6.07) is 0. The normalized spacial score (nSPS) is 18.0. The molecule has 0 radical (unpaired) electrons. The van der Waals surface area contributed by atoms with Crippen molar-refractivity contribution in [1.82, 2.24) is 0 Å². The van der Waals surface area contributed by atoms with Gasteiger partial charge in [0.05, 0.1) is 40.5 Å². The summed E-state index contributed by atoms with van der Waals surface area (Å²) in [5.74, 6) is -0.392. The summed E-state index contributed by atoms with van der Waals surface area (Å²) in [7, 11) is 1.60. The van der Waals surface area contributed by atoms with Crippen molar-refractivity contribution < 1.29 is 42.0 Å². The fraction of sp³-hybridized carbons (Fsp3) is 0.761. The molecule has 0 aliphatic carbocycles. The van der Waals surface area contributed by atoms with Crippen LogP contribution in [0.1, 0.15) is 155 Å². The van der Waals surface area contributed by atoms with Crippen molar-refractivity contribution in [3.05, 3.63) is 60.8 Å². The van der Waals surface area contributed by atoms with Crippen LogP contribution in [-0.4, -0.2) is 87.8 Å². The van der Waals surface area contributed by atoms with Crippen LogP contribution in [0.25, 0.3) is 0 Å². The molecule has 0 saturated carbocycles. The molecule has 56 heavy (non-hydrogen) atoms. The van der Waals surface area contributed by atoms with E-state index < -0.39 is 19.9 Å². The third-order valence-electron chi connectivity index (χ3n) is 9.52. The number of quaternary nitrogens is 1. The Labute approximate surface area is 343 Å². The molecule has 0 aromatic heterocycles. The Morgan fingerprint density at radius 2 is 1.29 bits per heavy atom. The van der Waals surface area contributed by atoms with Gasteiger partial charge in [0.15, 0.2) is 0 Å². The number of unbranched alkanes of at least 4 members (excludes halogenated alkanes) is 15. The first-order valence-corrected chi connectivity index (χ1v) is 23.7. The Balaban J connectivity index is 2.31. The predicted molar refractivity (Wildman–Crippen MR) is 233 cm³/mol. The molecule has 0 spiro atoms. The molecule has 0 aromatic rings. The number of rotatable bonds is 39. The van der Waals surface area contributed by atoms with E-state index in [1.165, 1.54) is 89.9 Å². The van der Waals surface area contributed by atoms with Crippen LogP contribution in [-0.2, 0) is 32.6 Å². The van der Waals surface area contributed by atoms with Crippen molar-refractivity contribution in [2.75, 3.05) is 54.1 Å². The number of carbonyl (C=O) groups excluding carboxylic acids is 1. The minimum Gasteiger partial charge on any atom is -0.457 e. The highest BCUT2D eigenvalue weighted by molar-refractivity contribution is 7.47. The van der Waals surface area contributed by atoms with E-state index in [1.807, 2.05) is 45.4 Å². The van der Waals surface area contributed by atoms with E-state index >= 15 is 0 Å². The van der Waals surface area contributed by atoms with E-state index in [4.69, 9.17) is 23.3 Å². The average Bonchev–Trinajstić information content (AvgIpc) is 3.90. The summed E-state index contributed by atoms with van der Waals surface area (Å²) in [6.45, 7) is 5.43. The number of phosphoric acid groups is 1. The van der Waals surface area contributed by atoms with Crippen LogP contribution >= 0.6 is 7.82 Å². The largest absolute Gasteiger partial charge is 0.472 e. The molecule has 1 saturated heterocycles. The molecule has 324 valence electrons. The molecule has 4 atom stereocenters. The smallest absolute Gasteiger partial charge is 0.457 e. The number of nitrogens with zero attached hydrogens (tertiary/aromatic N) is 1. The van der Waals surface area contributed by atoms with E-state index in [-0.39, 0.29) is 38.4 Å². The summed E-state index contributed by atoms with van der Waals surface area (Å²) in [5, 5.41) is 0. The van der Waals surface area contributed by atoms with Gasteiger partial charge in [0.25, 0.3) is 0 Å². The highest BCUT2D eigenvalue weighted by Gasteiger charge is 2.35. The minimum absolute atomic E-state index is 0.0673. The first kappa shape index (κ1) is 52.2. The SMILES string of the molecule is CCCCC/C=C/C/C=C/C=C\C=C/C1OC1CCCC(=O)OC(COCCCCCCCC/C=C\CCCCCCCC)COP(=O)(O)OCC[N+](C)(C)C. The molecule has 0 amide bonds. The fourth-order valence-corrected chi connectivity index (χ4v) is 6.68. The van der Waals surface area contributed by atoms with Crippen LogP contribution in [0, 0.1) is 0 Å². The van der Waals surface area contributed by atoms with Gasteiger partial charge in [-0.05, 0) is 64.2 Å². The summed E-state index contributed by atoms with van der Waals surface area (Å²) < 4.78 is 40.7. The molecule has 1 N–H and O–H groups in total. The number of likely N-dealkylation sites (N-methyl/N-ethyl adjacent to an activating group) is 1. The first-order chi connectivity index (χ1) is 27.1. The monoisotopic (exact) mass is 809 g/mol. The van der Waals surface area contributed by atoms with Crippen molar-refractivity contribution in [1.29, 1.82) is 0 Å². The highest BCUT2D eigenvalue weighted by Crippen LogP contribution is 2.43. The van der Waals surface area contributed by atoms with Crippen molar-refractivity contribution in [3.8, 4) is 0 Å². The van der Waals surface area contributed by atoms with Crippen LogP contribution in [0.2, 0.25) is 0 Å². The fourth-order valence-electron chi connectivity index (χ4n) is 5.94. The lowest BCUT2D eigenvalue weighted by Gasteiger charge is -2.24. The van der Waals surface area contributed by atoms with Crippen molar-refractivity contribution in [2.45, 2.75) is 173 Å². The lowest BCUT2D eigenvalue weighted by Crippen LogP contribution is -2.37. The summed E-state index contributed by atoms with van der Waals surface area (Å²) in [5.41, 5.74) is 0. The molecule has 9 nitrogen and oxygen atoms in total. The van der Waals surface area contributed by atoms with Crippen LogP contribution in [0.15, 0.2) is 60.8 Å². The van der Waals surface area contributed by atoms with Gasteiger partial charge in [0.2, 0.25) is 0 Å². The molecule has 1 rings (SSSR count). The molecule has 1 fully saturated rings. The summed E-state index contributed by atoms with van der Waals surface area (Å²) in [4.78, 5) is 23.0. The Bertz CT molecular complexity index is 1140. The van der Waals surface area contributed by atoms with Gasteiger partial charge >= 0.3 is 13.8 Å². The van der Waals surface area contributed by atoms with Crippen LogP contribution < -0.4 is 0 Å². The number of carbonyl (C=O) groups is 1. The third-order valence-corrected chi connectivity index (χ3v) is 10.5. The third kappa shape index (κ3) is 35.3. The second-order valence-corrected chi connectivity index (χ2v) is 17.6. The van der Waals surface area contributed by atoms with Gasteiger partial charge in [-0.15, -0.1) is 0 Å². The lowest BCUT2D eigenvalue weighted by molar-refractivity contribution is -0.870. The van der Waals surface area contributed by atoms with E-state index in [1.54, 1.807) is 0 Å². The first-order valence-electron chi connectivity index (χ1n) is 22.2. The Hall–Kier alpha value is -1.84. The van der Waals surface area contributed by atoms with Gasteiger partial charge in [-0.25, -0.2) is 4.57 Å². The zero-order chi connectivity index (χ0) is 41.0. The molecule has 1 aliphatic heterocycles. The van der Waals surface area contributed by atoms with Gasteiger partial charge < -0.3 is 23.6 Å². The molecular formula is C46H83NO8P+. The van der Waals surface area contributed by atoms with Gasteiger partial charge in [0.1, 0.15) is 25.4 Å².